The van der Waals surface area contributed by atoms with Gasteiger partial charge in [0.1, 0.15) is 24.2 Å². The van der Waals surface area contributed by atoms with Crippen molar-refractivity contribution in [1.29, 1.82) is 0 Å². The van der Waals surface area contributed by atoms with Crippen LogP contribution in [-0.4, -0.2) is 87.8 Å². The summed E-state index contributed by atoms with van der Waals surface area (Å²) < 4.78 is 0. The minimum absolute atomic E-state index is 0.148. The number of hydrogen-bond donors (Lipinski definition) is 7. The molecule has 12 nitrogen and oxygen atoms in total. The molecule has 28 heavy (non-hydrogen) atoms. The third-order valence-corrected chi connectivity index (χ3v) is 4.17. The van der Waals surface area contributed by atoms with Crippen LogP contribution in [0.1, 0.15) is 19.8 Å². The summed E-state index contributed by atoms with van der Waals surface area (Å²) >= 11 is 1.38. The van der Waals surface area contributed by atoms with Crippen molar-refractivity contribution in [2.24, 2.45) is 5.73 Å². The van der Waals surface area contributed by atoms with E-state index in [2.05, 4.69) is 16.0 Å². The molecule has 0 aromatic rings. The van der Waals surface area contributed by atoms with Gasteiger partial charge in [0.2, 0.25) is 17.7 Å². The van der Waals surface area contributed by atoms with Crippen LogP contribution < -0.4 is 21.7 Å². The van der Waals surface area contributed by atoms with E-state index in [1.165, 1.54) is 18.7 Å². The molecule has 0 aromatic carbocycles. The van der Waals surface area contributed by atoms with E-state index in [0.717, 1.165) is 0 Å². The molecule has 0 rings (SSSR count). The number of aliphatic carboxylic acids is 2. The summed E-state index contributed by atoms with van der Waals surface area (Å²) in [4.78, 5) is 58.0. The number of thioether (sulfide) groups is 1. The number of aliphatic hydroxyl groups is 1. The minimum Gasteiger partial charge on any atom is -0.481 e. The van der Waals surface area contributed by atoms with E-state index in [-0.39, 0.29) is 6.42 Å². The van der Waals surface area contributed by atoms with Crippen molar-refractivity contribution in [3.8, 4) is 0 Å². The fourth-order valence-corrected chi connectivity index (χ4v) is 2.39. The van der Waals surface area contributed by atoms with Crippen molar-refractivity contribution in [3.63, 3.8) is 0 Å². The van der Waals surface area contributed by atoms with E-state index in [1.54, 1.807) is 6.26 Å². The molecular formula is C15H26N4O8S. The van der Waals surface area contributed by atoms with Crippen LogP contribution in [0.5, 0.6) is 0 Å². The molecule has 4 unspecified atom stereocenters. The van der Waals surface area contributed by atoms with Crippen LogP contribution in [0, 0.1) is 0 Å². The first-order chi connectivity index (χ1) is 13.0. The van der Waals surface area contributed by atoms with E-state index in [9.17, 15) is 24.0 Å². The summed E-state index contributed by atoms with van der Waals surface area (Å²) in [6, 6.07) is -5.08. The van der Waals surface area contributed by atoms with Gasteiger partial charge in [-0.1, -0.05) is 0 Å². The van der Waals surface area contributed by atoms with Gasteiger partial charge in [-0.2, -0.15) is 11.8 Å². The Morgan fingerprint density at radius 3 is 2.00 bits per heavy atom. The summed E-state index contributed by atoms with van der Waals surface area (Å²) in [5, 5.41) is 33.3. The monoisotopic (exact) mass is 422 g/mol. The zero-order chi connectivity index (χ0) is 21.9. The summed E-state index contributed by atoms with van der Waals surface area (Å²) in [6.45, 7) is 0.727. The van der Waals surface area contributed by atoms with Crippen molar-refractivity contribution in [1.82, 2.24) is 16.0 Å². The number of carbonyl (C=O) groups excluding carboxylic acids is 3. The molecule has 0 aromatic heterocycles. The minimum atomic E-state index is -1.65. The molecule has 0 spiro atoms. The van der Waals surface area contributed by atoms with E-state index >= 15 is 0 Å². The van der Waals surface area contributed by atoms with Crippen LogP contribution in [0.4, 0.5) is 0 Å². The lowest BCUT2D eigenvalue weighted by Gasteiger charge is -2.23. The molecular weight excluding hydrogens is 396 g/mol. The molecule has 4 atom stereocenters. The van der Waals surface area contributed by atoms with Crippen molar-refractivity contribution < 1.29 is 39.3 Å². The Hall–Kier alpha value is -2.38. The van der Waals surface area contributed by atoms with E-state index < -0.39 is 66.9 Å². The average molecular weight is 422 g/mol. The SMILES string of the molecule is CSCCC(NC(=O)C(C)NC(=O)C(N)CO)C(=O)NC(CC(=O)O)C(=O)O. The number of nitrogens with one attached hydrogen (secondary N) is 3. The van der Waals surface area contributed by atoms with Gasteiger partial charge >= 0.3 is 11.9 Å². The lowest BCUT2D eigenvalue weighted by Crippen LogP contribution is -2.56. The number of rotatable bonds is 13. The topological polar surface area (TPSA) is 208 Å². The maximum Gasteiger partial charge on any atom is 0.326 e. The molecule has 0 fully saturated rings. The predicted molar refractivity (Wildman–Crippen MR) is 99.4 cm³/mol. The van der Waals surface area contributed by atoms with Crippen molar-refractivity contribution >= 4 is 41.4 Å². The first-order valence-electron chi connectivity index (χ1n) is 8.24. The van der Waals surface area contributed by atoms with Crippen LogP contribution in [0.15, 0.2) is 0 Å². The Kier molecular flexibility index (Phi) is 11.8. The number of hydrogen-bond acceptors (Lipinski definition) is 8. The highest BCUT2D eigenvalue weighted by Crippen LogP contribution is 2.04. The summed E-state index contributed by atoms with van der Waals surface area (Å²) in [5.74, 6) is -4.84. The molecule has 0 bridgehead atoms. The maximum atomic E-state index is 12.3. The first-order valence-corrected chi connectivity index (χ1v) is 9.63. The second kappa shape index (κ2) is 12.9. The smallest absolute Gasteiger partial charge is 0.326 e. The fraction of sp³-hybridized carbons (Fsp3) is 0.667. The third-order valence-electron chi connectivity index (χ3n) is 3.52. The Morgan fingerprint density at radius 2 is 1.54 bits per heavy atom. The number of amides is 3. The number of carboxylic acids is 2. The quantitative estimate of drug-likeness (QED) is 0.161. The van der Waals surface area contributed by atoms with Gasteiger partial charge in [0.05, 0.1) is 13.0 Å². The molecule has 3 amide bonds. The Morgan fingerprint density at radius 1 is 0.964 bits per heavy atom. The highest BCUT2D eigenvalue weighted by atomic mass is 32.2. The average Bonchev–Trinajstić information content (AvgIpc) is 2.62. The van der Waals surface area contributed by atoms with E-state index in [1.807, 2.05) is 0 Å². The fourth-order valence-electron chi connectivity index (χ4n) is 1.92. The summed E-state index contributed by atoms with van der Waals surface area (Å²) in [5.41, 5.74) is 5.34. The van der Waals surface area contributed by atoms with E-state index in [4.69, 9.17) is 21.1 Å². The molecule has 0 saturated heterocycles. The predicted octanol–water partition coefficient (Wildman–Crippen LogP) is -2.91. The maximum absolute atomic E-state index is 12.3. The molecule has 0 aliphatic heterocycles. The standard InChI is InChI=1S/C15H26N4O8S/c1-7(17-13(24)8(16)6-20)12(23)18-9(3-4-28-2)14(25)19-10(15(26)27)5-11(21)22/h7-10,20H,3-6,16H2,1-2H3,(H,17,24)(H,18,23)(H,19,25)(H,21,22)(H,26,27). The molecule has 8 N–H and O–H groups in total. The number of carboxylic acid groups (broad SMARTS) is 2. The van der Waals surface area contributed by atoms with Gasteiger partial charge in [0.15, 0.2) is 0 Å². The number of aliphatic hydroxyl groups excluding tert-OH is 1. The largest absolute Gasteiger partial charge is 0.481 e. The normalized spacial score (nSPS) is 14.9. The van der Waals surface area contributed by atoms with Crippen molar-refractivity contribution in [2.45, 2.75) is 43.9 Å². The van der Waals surface area contributed by atoms with Crippen LogP contribution in [0.25, 0.3) is 0 Å². The second-order valence-electron chi connectivity index (χ2n) is 5.86. The van der Waals surface area contributed by atoms with E-state index in [0.29, 0.717) is 5.75 Å². The van der Waals surface area contributed by atoms with Crippen LogP contribution in [-0.2, 0) is 24.0 Å². The number of carbonyl (C=O) groups is 5. The van der Waals surface area contributed by atoms with Crippen LogP contribution >= 0.6 is 11.8 Å². The van der Waals surface area contributed by atoms with Crippen molar-refractivity contribution in [3.05, 3.63) is 0 Å². The molecule has 0 aliphatic carbocycles. The van der Waals surface area contributed by atoms with Crippen LogP contribution in [0.3, 0.4) is 0 Å². The summed E-state index contributed by atoms with van der Waals surface area (Å²) in [6.07, 6.45) is 1.09. The molecule has 160 valence electrons. The zero-order valence-electron chi connectivity index (χ0n) is 15.5. The van der Waals surface area contributed by atoms with Gasteiger partial charge < -0.3 is 37.0 Å². The summed E-state index contributed by atoms with van der Waals surface area (Å²) in [7, 11) is 0. The molecule has 0 aliphatic rings. The van der Waals surface area contributed by atoms with Crippen LogP contribution in [0.2, 0.25) is 0 Å². The zero-order valence-corrected chi connectivity index (χ0v) is 16.3. The molecule has 0 heterocycles. The van der Waals surface area contributed by atoms with Gasteiger partial charge in [-0.15, -0.1) is 0 Å². The molecule has 0 radical (unpaired) electrons. The first kappa shape index (κ1) is 25.6. The van der Waals surface area contributed by atoms with Gasteiger partial charge in [-0.05, 0) is 25.4 Å². The van der Waals surface area contributed by atoms with Gasteiger partial charge in [-0.3, -0.25) is 19.2 Å². The Labute approximate surface area is 165 Å². The Balaban J connectivity index is 5.06. The molecule has 13 heteroatoms. The molecule has 0 saturated carbocycles. The van der Waals surface area contributed by atoms with Crippen molar-refractivity contribution in [2.75, 3.05) is 18.6 Å². The lowest BCUT2D eigenvalue weighted by atomic mass is 10.1. The lowest BCUT2D eigenvalue weighted by molar-refractivity contribution is -0.147. The second-order valence-corrected chi connectivity index (χ2v) is 6.84. The Bertz CT molecular complexity index is 588. The number of nitrogens with two attached hydrogens (primary N) is 1. The third kappa shape index (κ3) is 9.53. The van der Waals surface area contributed by atoms with Gasteiger partial charge in [0, 0.05) is 0 Å². The van der Waals surface area contributed by atoms with Gasteiger partial charge in [0.25, 0.3) is 0 Å². The highest BCUT2D eigenvalue weighted by Gasteiger charge is 2.29. The highest BCUT2D eigenvalue weighted by molar-refractivity contribution is 7.98. The van der Waals surface area contributed by atoms with Gasteiger partial charge in [-0.25, -0.2) is 4.79 Å².